The van der Waals surface area contributed by atoms with Gasteiger partial charge in [-0.15, -0.1) is 0 Å². The van der Waals surface area contributed by atoms with Crippen LogP contribution in [-0.4, -0.2) is 10.9 Å². The monoisotopic (exact) mass is 176 g/mol. The minimum Gasteiger partial charge on any atom is -0.351 e. The number of benzene rings is 1. The maximum Gasteiger partial charge on any atom is 0.315 e. The van der Waals surface area contributed by atoms with Gasteiger partial charge in [0.05, 0.1) is 0 Å². The van der Waals surface area contributed by atoms with Gasteiger partial charge in [0, 0.05) is 13.1 Å². The van der Waals surface area contributed by atoms with Gasteiger partial charge >= 0.3 is 6.03 Å². The highest BCUT2D eigenvalue weighted by Crippen LogP contribution is 2.24. The number of primary amides is 1. The molecule has 1 aliphatic heterocycles. The first-order chi connectivity index (χ1) is 6.18. The van der Waals surface area contributed by atoms with Crippen molar-refractivity contribution in [1.82, 2.24) is 4.90 Å². The Bertz CT molecular complexity index is 360. The van der Waals surface area contributed by atoms with E-state index in [-0.39, 0.29) is 6.03 Å². The zero-order valence-corrected chi connectivity index (χ0v) is 7.58. The quantitative estimate of drug-likeness (QED) is 0.638. The summed E-state index contributed by atoms with van der Waals surface area (Å²) in [6, 6.07) is 5.78. The fourth-order valence-corrected chi connectivity index (χ4v) is 1.75. The summed E-state index contributed by atoms with van der Waals surface area (Å²) in [7, 11) is 0. The van der Waals surface area contributed by atoms with Gasteiger partial charge in [-0.05, 0) is 23.6 Å². The molecule has 2 rings (SSSR count). The third-order valence-corrected chi connectivity index (χ3v) is 2.53. The molecule has 0 radical (unpaired) electrons. The highest BCUT2D eigenvalue weighted by molar-refractivity contribution is 5.73. The lowest BCUT2D eigenvalue weighted by Crippen LogP contribution is -2.30. The molecule has 13 heavy (non-hydrogen) atoms. The Morgan fingerprint density at radius 1 is 1.46 bits per heavy atom. The molecule has 0 bridgehead atoms. The lowest BCUT2D eigenvalue weighted by molar-refractivity contribution is 0.208. The van der Waals surface area contributed by atoms with Gasteiger partial charge in [0.25, 0.3) is 0 Å². The Kier molecular flexibility index (Phi) is 1.72. The average Bonchev–Trinajstić information content (AvgIpc) is 2.49. The van der Waals surface area contributed by atoms with Crippen LogP contribution in [0.3, 0.4) is 0 Å². The van der Waals surface area contributed by atoms with Crippen LogP contribution in [0.5, 0.6) is 0 Å². The molecule has 3 heteroatoms. The van der Waals surface area contributed by atoms with E-state index in [4.69, 9.17) is 5.73 Å². The molecule has 2 amide bonds. The highest BCUT2D eigenvalue weighted by atomic mass is 16.2. The minimum atomic E-state index is -0.337. The van der Waals surface area contributed by atoms with Gasteiger partial charge < -0.3 is 10.6 Å². The first kappa shape index (κ1) is 8.10. The third-order valence-electron chi connectivity index (χ3n) is 2.53. The number of carbonyl (C=O) groups is 1. The molecule has 3 nitrogen and oxygen atoms in total. The number of amides is 2. The van der Waals surface area contributed by atoms with Crippen LogP contribution in [0.2, 0.25) is 0 Å². The SMILES string of the molecule is Cc1cccc2c1CN(C(N)=O)C2. The summed E-state index contributed by atoms with van der Waals surface area (Å²) in [4.78, 5) is 12.6. The molecule has 68 valence electrons. The van der Waals surface area contributed by atoms with Gasteiger partial charge in [0.2, 0.25) is 0 Å². The Hall–Kier alpha value is -1.51. The topological polar surface area (TPSA) is 46.3 Å². The summed E-state index contributed by atoms with van der Waals surface area (Å²) in [5.74, 6) is 0. The van der Waals surface area contributed by atoms with Crippen LogP contribution in [0, 0.1) is 6.92 Å². The van der Waals surface area contributed by atoms with E-state index in [1.54, 1.807) is 4.90 Å². The van der Waals surface area contributed by atoms with Crippen molar-refractivity contribution >= 4 is 6.03 Å². The van der Waals surface area contributed by atoms with E-state index in [1.165, 1.54) is 16.7 Å². The molecular formula is C10H12N2O. The molecule has 1 heterocycles. The normalized spacial score (nSPS) is 14.4. The molecule has 1 aliphatic rings. The van der Waals surface area contributed by atoms with E-state index in [0.717, 1.165) is 0 Å². The second kappa shape index (κ2) is 2.76. The Morgan fingerprint density at radius 3 is 2.85 bits per heavy atom. The number of hydrogen-bond donors (Lipinski definition) is 1. The number of fused-ring (bicyclic) bond motifs is 1. The molecule has 1 aromatic carbocycles. The van der Waals surface area contributed by atoms with Crippen molar-refractivity contribution in [2.24, 2.45) is 5.73 Å². The van der Waals surface area contributed by atoms with Gasteiger partial charge in [-0.25, -0.2) is 4.79 Å². The van der Waals surface area contributed by atoms with E-state index >= 15 is 0 Å². The van der Waals surface area contributed by atoms with Gasteiger partial charge in [-0.3, -0.25) is 0 Å². The van der Waals surface area contributed by atoms with Crippen molar-refractivity contribution in [2.75, 3.05) is 0 Å². The number of rotatable bonds is 0. The van der Waals surface area contributed by atoms with Crippen molar-refractivity contribution in [3.8, 4) is 0 Å². The summed E-state index contributed by atoms with van der Waals surface area (Å²) in [6.45, 7) is 3.38. The number of nitrogens with zero attached hydrogens (tertiary/aromatic N) is 1. The van der Waals surface area contributed by atoms with Crippen LogP contribution in [0.25, 0.3) is 0 Å². The third kappa shape index (κ3) is 1.26. The van der Waals surface area contributed by atoms with Gasteiger partial charge in [-0.1, -0.05) is 18.2 Å². The van der Waals surface area contributed by atoms with E-state index in [9.17, 15) is 4.79 Å². The molecule has 2 N–H and O–H groups in total. The molecule has 0 spiro atoms. The summed E-state index contributed by atoms with van der Waals surface area (Å²) < 4.78 is 0. The maximum atomic E-state index is 10.9. The second-order valence-electron chi connectivity index (χ2n) is 3.41. The molecule has 0 aromatic heterocycles. The van der Waals surface area contributed by atoms with Crippen molar-refractivity contribution in [1.29, 1.82) is 0 Å². The predicted molar refractivity (Wildman–Crippen MR) is 50.0 cm³/mol. The standard InChI is InChI=1S/C10H12N2O/c1-7-3-2-4-8-5-12(10(11)13)6-9(7)8/h2-4H,5-6H2,1H3,(H2,11,13). The number of nitrogens with two attached hydrogens (primary N) is 1. The average molecular weight is 176 g/mol. The van der Waals surface area contributed by atoms with Crippen LogP contribution in [0.15, 0.2) is 18.2 Å². The van der Waals surface area contributed by atoms with Crippen LogP contribution >= 0.6 is 0 Å². The number of carbonyl (C=O) groups excluding carboxylic acids is 1. The van der Waals surface area contributed by atoms with Crippen LogP contribution in [0.4, 0.5) is 4.79 Å². The molecule has 0 fully saturated rings. The van der Waals surface area contributed by atoms with E-state index in [2.05, 4.69) is 13.0 Å². The summed E-state index contributed by atoms with van der Waals surface area (Å²) in [6.07, 6.45) is 0. The molecule has 0 atom stereocenters. The number of aryl methyl sites for hydroxylation is 1. The molecule has 0 saturated heterocycles. The summed E-state index contributed by atoms with van der Waals surface area (Å²) in [5, 5.41) is 0. The fraction of sp³-hybridized carbons (Fsp3) is 0.300. The van der Waals surface area contributed by atoms with Crippen LogP contribution < -0.4 is 5.73 Å². The fourth-order valence-electron chi connectivity index (χ4n) is 1.75. The van der Waals surface area contributed by atoms with Crippen molar-refractivity contribution in [2.45, 2.75) is 20.0 Å². The van der Waals surface area contributed by atoms with Crippen molar-refractivity contribution < 1.29 is 4.79 Å². The van der Waals surface area contributed by atoms with Crippen LogP contribution in [-0.2, 0) is 13.1 Å². The lowest BCUT2D eigenvalue weighted by atomic mass is 10.1. The molecular weight excluding hydrogens is 164 g/mol. The smallest absolute Gasteiger partial charge is 0.315 e. The van der Waals surface area contributed by atoms with E-state index in [0.29, 0.717) is 13.1 Å². The maximum absolute atomic E-state index is 10.9. The predicted octanol–water partition coefficient (Wildman–Crippen LogP) is 1.39. The zero-order valence-electron chi connectivity index (χ0n) is 7.58. The number of urea groups is 1. The summed E-state index contributed by atoms with van der Waals surface area (Å²) >= 11 is 0. The molecule has 0 aliphatic carbocycles. The van der Waals surface area contributed by atoms with Crippen LogP contribution in [0.1, 0.15) is 16.7 Å². The lowest BCUT2D eigenvalue weighted by Gasteiger charge is -2.10. The minimum absolute atomic E-state index is 0.337. The first-order valence-corrected chi connectivity index (χ1v) is 4.30. The Balaban J connectivity index is 2.35. The zero-order chi connectivity index (χ0) is 9.42. The molecule has 0 unspecified atom stereocenters. The number of hydrogen-bond acceptors (Lipinski definition) is 1. The van der Waals surface area contributed by atoms with Gasteiger partial charge in [-0.2, -0.15) is 0 Å². The van der Waals surface area contributed by atoms with Gasteiger partial charge in [0.1, 0.15) is 0 Å². The van der Waals surface area contributed by atoms with E-state index in [1.807, 2.05) is 12.1 Å². The molecule has 1 aromatic rings. The Labute approximate surface area is 77.1 Å². The van der Waals surface area contributed by atoms with E-state index < -0.39 is 0 Å². The van der Waals surface area contributed by atoms with Gasteiger partial charge in [0.15, 0.2) is 0 Å². The highest BCUT2D eigenvalue weighted by Gasteiger charge is 2.21. The van der Waals surface area contributed by atoms with Crippen molar-refractivity contribution in [3.63, 3.8) is 0 Å². The Morgan fingerprint density at radius 2 is 2.23 bits per heavy atom. The molecule has 0 saturated carbocycles. The first-order valence-electron chi connectivity index (χ1n) is 4.30. The second-order valence-corrected chi connectivity index (χ2v) is 3.41. The van der Waals surface area contributed by atoms with Crippen molar-refractivity contribution in [3.05, 3.63) is 34.9 Å². The summed E-state index contributed by atoms with van der Waals surface area (Å²) in [5.41, 5.74) is 8.92. The largest absolute Gasteiger partial charge is 0.351 e.